The summed E-state index contributed by atoms with van der Waals surface area (Å²) in [7, 11) is 0. The number of fused-ring (bicyclic) bond motifs is 1. The highest BCUT2D eigenvalue weighted by Crippen LogP contribution is 2.28. The van der Waals surface area contributed by atoms with Crippen LogP contribution in [0.4, 0.5) is 5.82 Å². The van der Waals surface area contributed by atoms with Crippen molar-refractivity contribution in [2.45, 2.75) is 26.0 Å². The number of nitrogens with two attached hydrogens (primary N) is 1. The minimum atomic E-state index is 0.158. The first-order chi connectivity index (χ1) is 8.22. The van der Waals surface area contributed by atoms with E-state index in [1.807, 2.05) is 36.0 Å². The normalized spacial score (nSPS) is 17.8. The maximum Gasteiger partial charge on any atom is 0.148 e. The van der Waals surface area contributed by atoms with Gasteiger partial charge in [0.1, 0.15) is 17.7 Å². The molecule has 2 heterocycles. The number of anilines is 1. The average molecular weight is 229 g/mol. The Labute approximate surface area is 100 Å². The Morgan fingerprint density at radius 1 is 1.47 bits per heavy atom. The lowest BCUT2D eigenvalue weighted by molar-refractivity contribution is 0.203. The molecule has 0 radical (unpaired) electrons. The van der Waals surface area contributed by atoms with Crippen molar-refractivity contribution in [2.24, 2.45) is 0 Å². The molecule has 0 spiro atoms. The second kappa shape index (κ2) is 3.80. The molecular formula is C13H15N3O. The molecule has 4 nitrogen and oxygen atoms in total. The minimum absolute atomic E-state index is 0.158. The fraction of sp³-hybridized carbons (Fsp3) is 0.308. The Morgan fingerprint density at radius 2 is 2.29 bits per heavy atom. The van der Waals surface area contributed by atoms with Crippen LogP contribution < -0.4 is 10.5 Å². The molecule has 0 aliphatic carbocycles. The van der Waals surface area contributed by atoms with Crippen molar-refractivity contribution in [3.63, 3.8) is 0 Å². The highest BCUT2D eigenvalue weighted by molar-refractivity contribution is 5.38. The topological polar surface area (TPSA) is 53.1 Å². The quantitative estimate of drug-likeness (QED) is 0.854. The van der Waals surface area contributed by atoms with Crippen molar-refractivity contribution in [1.82, 2.24) is 9.78 Å². The average Bonchev–Trinajstić information content (AvgIpc) is 2.83. The molecule has 1 aliphatic heterocycles. The van der Waals surface area contributed by atoms with Gasteiger partial charge in [0.15, 0.2) is 0 Å². The Kier molecular flexibility index (Phi) is 2.28. The summed E-state index contributed by atoms with van der Waals surface area (Å²) < 4.78 is 7.72. The van der Waals surface area contributed by atoms with E-state index in [2.05, 4.69) is 11.2 Å². The van der Waals surface area contributed by atoms with Crippen molar-refractivity contribution < 1.29 is 4.74 Å². The Bertz CT molecular complexity index is 503. The molecule has 0 amide bonds. The SMILES string of the molecule is Cc1cn(CC2Cc3ccccc3O2)nc1N. The third-order valence-electron chi connectivity index (χ3n) is 3.09. The molecule has 1 unspecified atom stereocenters. The van der Waals surface area contributed by atoms with Gasteiger partial charge in [0.2, 0.25) is 0 Å². The molecule has 2 N–H and O–H groups in total. The standard InChI is InChI=1S/C13H15N3O/c1-9-7-16(15-13(9)14)8-11-6-10-4-2-3-5-12(10)17-11/h2-5,7,11H,6,8H2,1H3,(H2,14,15). The monoisotopic (exact) mass is 229 g/mol. The highest BCUT2D eigenvalue weighted by Gasteiger charge is 2.22. The van der Waals surface area contributed by atoms with Gasteiger partial charge in [-0.3, -0.25) is 4.68 Å². The molecule has 4 heteroatoms. The van der Waals surface area contributed by atoms with E-state index in [9.17, 15) is 0 Å². The van der Waals surface area contributed by atoms with Crippen LogP contribution in [0.25, 0.3) is 0 Å². The lowest BCUT2D eigenvalue weighted by Gasteiger charge is -2.10. The van der Waals surface area contributed by atoms with Crippen molar-refractivity contribution in [2.75, 3.05) is 5.73 Å². The van der Waals surface area contributed by atoms with E-state index in [1.165, 1.54) is 5.56 Å². The summed E-state index contributed by atoms with van der Waals surface area (Å²) in [6, 6.07) is 8.16. The van der Waals surface area contributed by atoms with E-state index in [0.29, 0.717) is 5.82 Å². The first-order valence-electron chi connectivity index (χ1n) is 5.76. The summed E-state index contributed by atoms with van der Waals surface area (Å²) >= 11 is 0. The lowest BCUT2D eigenvalue weighted by atomic mass is 10.1. The maximum atomic E-state index is 5.86. The Hall–Kier alpha value is -1.97. The van der Waals surface area contributed by atoms with E-state index >= 15 is 0 Å². The molecule has 0 bridgehead atoms. The zero-order chi connectivity index (χ0) is 11.8. The number of nitrogens with zero attached hydrogens (tertiary/aromatic N) is 2. The van der Waals surface area contributed by atoms with Crippen molar-refractivity contribution in [1.29, 1.82) is 0 Å². The second-order valence-electron chi connectivity index (χ2n) is 4.47. The molecule has 1 atom stereocenters. The van der Waals surface area contributed by atoms with Gasteiger partial charge < -0.3 is 10.5 Å². The number of ether oxygens (including phenoxy) is 1. The van der Waals surface area contributed by atoms with Crippen LogP contribution in [-0.2, 0) is 13.0 Å². The van der Waals surface area contributed by atoms with Crippen LogP contribution in [0.3, 0.4) is 0 Å². The van der Waals surface area contributed by atoms with Gasteiger partial charge in [-0.1, -0.05) is 18.2 Å². The number of benzene rings is 1. The fourth-order valence-corrected chi connectivity index (χ4v) is 2.19. The number of hydrogen-bond acceptors (Lipinski definition) is 3. The summed E-state index contributed by atoms with van der Waals surface area (Å²) in [5.41, 5.74) is 8.01. The van der Waals surface area contributed by atoms with Gasteiger partial charge in [0.25, 0.3) is 0 Å². The summed E-state index contributed by atoms with van der Waals surface area (Å²) in [6.07, 6.45) is 3.06. The van der Waals surface area contributed by atoms with Crippen LogP contribution in [0, 0.1) is 6.92 Å². The van der Waals surface area contributed by atoms with Gasteiger partial charge in [-0.15, -0.1) is 0 Å². The van der Waals surface area contributed by atoms with Crippen LogP contribution in [0.5, 0.6) is 5.75 Å². The van der Waals surface area contributed by atoms with E-state index in [-0.39, 0.29) is 6.10 Å². The Morgan fingerprint density at radius 3 is 3.00 bits per heavy atom. The number of hydrogen-bond donors (Lipinski definition) is 1. The minimum Gasteiger partial charge on any atom is -0.488 e. The van der Waals surface area contributed by atoms with Gasteiger partial charge in [0, 0.05) is 18.2 Å². The van der Waals surface area contributed by atoms with E-state index in [0.717, 1.165) is 24.3 Å². The van der Waals surface area contributed by atoms with Gasteiger partial charge in [0.05, 0.1) is 6.54 Å². The molecule has 1 aromatic heterocycles. The van der Waals surface area contributed by atoms with E-state index < -0.39 is 0 Å². The van der Waals surface area contributed by atoms with Crippen LogP contribution in [0.1, 0.15) is 11.1 Å². The number of aryl methyl sites for hydroxylation is 1. The summed E-state index contributed by atoms with van der Waals surface area (Å²) in [6.45, 7) is 2.70. The van der Waals surface area contributed by atoms with Gasteiger partial charge in [-0.2, -0.15) is 5.10 Å². The predicted octanol–water partition coefficient (Wildman–Crippen LogP) is 1.78. The molecule has 17 heavy (non-hydrogen) atoms. The van der Waals surface area contributed by atoms with Gasteiger partial charge in [-0.05, 0) is 18.6 Å². The first-order valence-corrected chi connectivity index (χ1v) is 5.76. The predicted molar refractivity (Wildman–Crippen MR) is 65.9 cm³/mol. The van der Waals surface area contributed by atoms with E-state index in [4.69, 9.17) is 10.5 Å². The molecule has 0 saturated carbocycles. The first kappa shape index (κ1) is 10.2. The van der Waals surface area contributed by atoms with Gasteiger partial charge >= 0.3 is 0 Å². The maximum absolute atomic E-state index is 5.86. The summed E-state index contributed by atoms with van der Waals surface area (Å²) in [4.78, 5) is 0. The van der Waals surface area contributed by atoms with Crippen molar-refractivity contribution in [3.05, 3.63) is 41.6 Å². The molecular weight excluding hydrogens is 214 g/mol. The summed E-state index contributed by atoms with van der Waals surface area (Å²) in [5, 5.41) is 4.25. The van der Waals surface area contributed by atoms with Gasteiger partial charge in [-0.25, -0.2) is 0 Å². The smallest absolute Gasteiger partial charge is 0.148 e. The molecule has 88 valence electrons. The second-order valence-corrected chi connectivity index (χ2v) is 4.47. The zero-order valence-corrected chi connectivity index (χ0v) is 9.76. The molecule has 1 aromatic carbocycles. The number of rotatable bonds is 2. The molecule has 0 saturated heterocycles. The van der Waals surface area contributed by atoms with Crippen LogP contribution in [-0.4, -0.2) is 15.9 Å². The van der Waals surface area contributed by atoms with Crippen LogP contribution in [0.15, 0.2) is 30.5 Å². The van der Waals surface area contributed by atoms with Crippen LogP contribution in [0.2, 0.25) is 0 Å². The number of aromatic nitrogens is 2. The molecule has 2 aromatic rings. The number of nitrogen functional groups attached to an aromatic ring is 1. The third kappa shape index (κ3) is 1.86. The number of para-hydroxylation sites is 1. The fourth-order valence-electron chi connectivity index (χ4n) is 2.19. The molecule has 1 aliphatic rings. The largest absolute Gasteiger partial charge is 0.488 e. The zero-order valence-electron chi connectivity index (χ0n) is 9.76. The third-order valence-corrected chi connectivity index (χ3v) is 3.09. The molecule has 0 fully saturated rings. The van der Waals surface area contributed by atoms with E-state index in [1.54, 1.807) is 0 Å². The molecule has 3 rings (SSSR count). The summed E-state index contributed by atoms with van der Waals surface area (Å²) in [5.74, 6) is 1.59. The highest BCUT2D eigenvalue weighted by atomic mass is 16.5. The lowest BCUT2D eigenvalue weighted by Crippen LogP contribution is -2.21. The van der Waals surface area contributed by atoms with Crippen molar-refractivity contribution in [3.8, 4) is 5.75 Å². The van der Waals surface area contributed by atoms with Crippen LogP contribution >= 0.6 is 0 Å². The Balaban J connectivity index is 1.73. The van der Waals surface area contributed by atoms with Crippen molar-refractivity contribution >= 4 is 5.82 Å².